The van der Waals surface area contributed by atoms with E-state index >= 15 is 0 Å². The smallest absolute Gasteiger partial charge is 0.0234 e. The highest BCUT2D eigenvalue weighted by Gasteiger charge is 2.24. The number of likely N-dealkylation sites (tertiary alicyclic amines) is 1. The standard InChI is InChI=1S/C16H26N2/c1-14(2)18-11-7-10-16(13-18)17(3)12-15-8-5-4-6-9-15/h4-6,8-9,14,16H,7,10-13H2,1-3H3. The van der Waals surface area contributed by atoms with Crippen molar-refractivity contribution in [2.75, 3.05) is 20.1 Å². The van der Waals surface area contributed by atoms with E-state index < -0.39 is 0 Å². The molecule has 0 saturated carbocycles. The number of hydrogen-bond acceptors (Lipinski definition) is 2. The molecule has 1 atom stereocenters. The van der Waals surface area contributed by atoms with Crippen LogP contribution >= 0.6 is 0 Å². The van der Waals surface area contributed by atoms with Gasteiger partial charge < -0.3 is 0 Å². The molecule has 18 heavy (non-hydrogen) atoms. The summed E-state index contributed by atoms with van der Waals surface area (Å²) in [5, 5.41) is 0. The molecule has 0 aromatic heterocycles. The third-order valence-electron chi connectivity index (χ3n) is 4.06. The van der Waals surface area contributed by atoms with E-state index in [1.807, 2.05) is 0 Å². The first-order chi connectivity index (χ1) is 8.66. The lowest BCUT2D eigenvalue weighted by molar-refractivity contribution is 0.0914. The number of benzene rings is 1. The van der Waals surface area contributed by atoms with Crippen molar-refractivity contribution < 1.29 is 0 Å². The second-order valence-electron chi connectivity index (χ2n) is 5.79. The van der Waals surface area contributed by atoms with Gasteiger partial charge in [-0.25, -0.2) is 0 Å². The summed E-state index contributed by atoms with van der Waals surface area (Å²) in [6.07, 6.45) is 2.68. The Bertz CT molecular complexity index is 347. The van der Waals surface area contributed by atoms with Gasteiger partial charge in [-0.1, -0.05) is 30.3 Å². The molecule has 2 nitrogen and oxygen atoms in total. The van der Waals surface area contributed by atoms with E-state index in [-0.39, 0.29) is 0 Å². The van der Waals surface area contributed by atoms with Gasteiger partial charge in [0.2, 0.25) is 0 Å². The number of hydrogen-bond donors (Lipinski definition) is 0. The first-order valence-corrected chi connectivity index (χ1v) is 7.15. The molecule has 1 aromatic rings. The summed E-state index contributed by atoms with van der Waals surface area (Å²) in [7, 11) is 2.27. The van der Waals surface area contributed by atoms with E-state index in [1.165, 1.54) is 31.5 Å². The Morgan fingerprint density at radius 3 is 2.67 bits per heavy atom. The minimum absolute atomic E-state index is 0.679. The summed E-state index contributed by atoms with van der Waals surface area (Å²) in [5.74, 6) is 0. The zero-order chi connectivity index (χ0) is 13.0. The van der Waals surface area contributed by atoms with Gasteiger partial charge in [-0.05, 0) is 45.8 Å². The van der Waals surface area contributed by atoms with E-state index in [9.17, 15) is 0 Å². The van der Waals surface area contributed by atoms with Crippen molar-refractivity contribution in [3.8, 4) is 0 Å². The normalized spacial score (nSPS) is 21.7. The van der Waals surface area contributed by atoms with Crippen LogP contribution < -0.4 is 0 Å². The number of likely N-dealkylation sites (N-methyl/N-ethyl adjacent to an activating group) is 1. The molecule has 2 heteroatoms. The lowest BCUT2D eigenvalue weighted by Gasteiger charge is -2.39. The lowest BCUT2D eigenvalue weighted by Crippen LogP contribution is -2.48. The van der Waals surface area contributed by atoms with Crippen LogP contribution in [0.5, 0.6) is 0 Å². The van der Waals surface area contributed by atoms with Crippen LogP contribution in [0, 0.1) is 0 Å². The van der Waals surface area contributed by atoms with Gasteiger partial charge >= 0.3 is 0 Å². The van der Waals surface area contributed by atoms with Crippen LogP contribution in [0.3, 0.4) is 0 Å². The van der Waals surface area contributed by atoms with Gasteiger partial charge in [-0.2, -0.15) is 0 Å². The minimum atomic E-state index is 0.679. The zero-order valence-electron chi connectivity index (χ0n) is 12.0. The summed E-state index contributed by atoms with van der Waals surface area (Å²) >= 11 is 0. The summed E-state index contributed by atoms with van der Waals surface area (Å²) in [6, 6.07) is 12.2. The molecular formula is C16H26N2. The van der Waals surface area contributed by atoms with Gasteiger partial charge in [0.1, 0.15) is 0 Å². The molecule has 0 aliphatic carbocycles. The summed E-state index contributed by atoms with van der Waals surface area (Å²) in [6.45, 7) is 8.17. The number of nitrogens with zero attached hydrogens (tertiary/aromatic N) is 2. The maximum absolute atomic E-state index is 2.61. The Morgan fingerprint density at radius 2 is 2.00 bits per heavy atom. The second-order valence-corrected chi connectivity index (χ2v) is 5.79. The van der Waals surface area contributed by atoms with Crippen molar-refractivity contribution in [3.05, 3.63) is 35.9 Å². The maximum Gasteiger partial charge on any atom is 0.0234 e. The highest BCUT2D eigenvalue weighted by molar-refractivity contribution is 5.14. The highest BCUT2D eigenvalue weighted by Crippen LogP contribution is 2.18. The molecule has 2 rings (SSSR count). The summed E-state index contributed by atoms with van der Waals surface area (Å²) in [4.78, 5) is 5.12. The molecule has 0 radical (unpaired) electrons. The van der Waals surface area contributed by atoms with Gasteiger partial charge in [0.15, 0.2) is 0 Å². The fraction of sp³-hybridized carbons (Fsp3) is 0.625. The molecule has 0 N–H and O–H groups in total. The average Bonchev–Trinajstić information content (AvgIpc) is 2.40. The van der Waals surface area contributed by atoms with Crippen molar-refractivity contribution in [2.24, 2.45) is 0 Å². The molecule has 0 spiro atoms. The minimum Gasteiger partial charge on any atom is -0.299 e. The topological polar surface area (TPSA) is 6.48 Å². The average molecular weight is 246 g/mol. The van der Waals surface area contributed by atoms with Crippen LogP contribution in [-0.2, 0) is 6.54 Å². The Hall–Kier alpha value is -0.860. The zero-order valence-corrected chi connectivity index (χ0v) is 12.0. The third-order valence-corrected chi connectivity index (χ3v) is 4.06. The van der Waals surface area contributed by atoms with Crippen molar-refractivity contribution >= 4 is 0 Å². The van der Waals surface area contributed by atoms with Gasteiger partial charge in [-0.15, -0.1) is 0 Å². The third kappa shape index (κ3) is 3.56. The molecule has 1 heterocycles. The molecule has 0 bridgehead atoms. The van der Waals surface area contributed by atoms with E-state index in [0.717, 1.165) is 6.54 Å². The molecule has 1 aliphatic rings. The Kier molecular flexibility index (Phi) is 4.79. The van der Waals surface area contributed by atoms with E-state index in [4.69, 9.17) is 0 Å². The predicted octanol–water partition coefficient (Wildman–Crippen LogP) is 2.99. The monoisotopic (exact) mass is 246 g/mol. The van der Waals surface area contributed by atoms with Gasteiger partial charge in [0.25, 0.3) is 0 Å². The van der Waals surface area contributed by atoms with E-state index in [1.54, 1.807) is 0 Å². The summed E-state index contributed by atoms with van der Waals surface area (Å²) in [5.41, 5.74) is 1.42. The molecule has 100 valence electrons. The van der Waals surface area contributed by atoms with Crippen LogP contribution in [0.25, 0.3) is 0 Å². The lowest BCUT2D eigenvalue weighted by atomic mass is 10.0. The van der Waals surface area contributed by atoms with Crippen LogP contribution in [0.4, 0.5) is 0 Å². The first-order valence-electron chi connectivity index (χ1n) is 7.15. The molecule has 1 aliphatic heterocycles. The van der Waals surface area contributed by atoms with E-state index in [0.29, 0.717) is 12.1 Å². The Balaban J connectivity index is 1.90. The predicted molar refractivity (Wildman–Crippen MR) is 77.6 cm³/mol. The fourth-order valence-corrected chi connectivity index (χ4v) is 2.81. The SMILES string of the molecule is CC(C)N1CCCC(N(C)Cc2ccccc2)C1. The molecule has 1 aromatic carbocycles. The van der Waals surface area contributed by atoms with Gasteiger partial charge in [-0.3, -0.25) is 9.80 Å². The maximum atomic E-state index is 2.61. The molecular weight excluding hydrogens is 220 g/mol. The van der Waals surface area contributed by atoms with E-state index in [2.05, 4.69) is 61.0 Å². The largest absolute Gasteiger partial charge is 0.299 e. The first kappa shape index (κ1) is 13.6. The van der Waals surface area contributed by atoms with Crippen molar-refractivity contribution in [3.63, 3.8) is 0 Å². The molecule has 0 amide bonds. The van der Waals surface area contributed by atoms with Crippen molar-refractivity contribution in [1.29, 1.82) is 0 Å². The van der Waals surface area contributed by atoms with Crippen molar-refractivity contribution in [2.45, 2.75) is 45.3 Å². The molecule has 1 saturated heterocycles. The quantitative estimate of drug-likeness (QED) is 0.806. The molecule has 1 unspecified atom stereocenters. The van der Waals surface area contributed by atoms with Crippen LogP contribution in [0.2, 0.25) is 0 Å². The highest BCUT2D eigenvalue weighted by atomic mass is 15.2. The Morgan fingerprint density at radius 1 is 1.28 bits per heavy atom. The Labute approximate surface area is 112 Å². The number of piperidine rings is 1. The summed E-state index contributed by atoms with van der Waals surface area (Å²) < 4.78 is 0. The molecule has 1 fully saturated rings. The fourth-order valence-electron chi connectivity index (χ4n) is 2.81. The van der Waals surface area contributed by atoms with Gasteiger partial charge in [0, 0.05) is 25.2 Å². The van der Waals surface area contributed by atoms with Crippen LogP contribution in [0.1, 0.15) is 32.3 Å². The second kappa shape index (κ2) is 6.35. The van der Waals surface area contributed by atoms with Crippen LogP contribution in [0.15, 0.2) is 30.3 Å². The van der Waals surface area contributed by atoms with Gasteiger partial charge in [0.05, 0.1) is 0 Å². The number of rotatable bonds is 4. The van der Waals surface area contributed by atoms with Crippen molar-refractivity contribution in [1.82, 2.24) is 9.80 Å². The van der Waals surface area contributed by atoms with Crippen LogP contribution in [-0.4, -0.2) is 42.0 Å².